The normalized spacial score (nSPS) is 19.5. The topological polar surface area (TPSA) is 49.4 Å². The molecule has 1 aromatic rings. The molecule has 1 saturated heterocycles. The molecule has 4 nitrogen and oxygen atoms in total. The highest BCUT2D eigenvalue weighted by Crippen LogP contribution is 2.24. The average molecular weight is 253 g/mol. The number of halogens is 1. The van der Waals surface area contributed by atoms with Crippen molar-refractivity contribution in [3.8, 4) is 0 Å². The molecule has 17 heavy (non-hydrogen) atoms. The quantitative estimate of drug-likeness (QED) is 0.809. The third-order valence-electron chi connectivity index (χ3n) is 2.75. The molecule has 1 aliphatic heterocycles. The van der Waals surface area contributed by atoms with E-state index in [9.17, 15) is 9.59 Å². The predicted octanol–water partition coefficient (Wildman–Crippen LogP) is 1.39. The Morgan fingerprint density at radius 3 is 2.53 bits per heavy atom. The van der Waals surface area contributed by atoms with Crippen LogP contribution in [0.3, 0.4) is 0 Å². The third kappa shape index (κ3) is 2.42. The maximum atomic E-state index is 11.6. The van der Waals surface area contributed by atoms with Gasteiger partial charge in [-0.05, 0) is 24.3 Å². The molecule has 0 saturated carbocycles. The molecule has 2 rings (SSSR count). The number of hydrogen-bond acceptors (Lipinski definition) is 2. The predicted molar refractivity (Wildman–Crippen MR) is 66.4 cm³/mol. The summed E-state index contributed by atoms with van der Waals surface area (Å²) in [6.07, 6.45) is 0.374. The fourth-order valence-electron chi connectivity index (χ4n) is 1.85. The minimum atomic E-state index is -0.139. The molecule has 2 amide bonds. The van der Waals surface area contributed by atoms with E-state index in [2.05, 4.69) is 5.32 Å². The monoisotopic (exact) mass is 252 g/mol. The van der Waals surface area contributed by atoms with Gasteiger partial charge in [-0.15, -0.1) is 11.6 Å². The maximum absolute atomic E-state index is 11.6. The summed E-state index contributed by atoms with van der Waals surface area (Å²) < 4.78 is 0. The van der Waals surface area contributed by atoms with Crippen LogP contribution in [0.2, 0.25) is 0 Å². The van der Waals surface area contributed by atoms with E-state index in [0.717, 1.165) is 5.69 Å². The van der Waals surface area contributed by atoms with Gasteiger partial charge < -0.3 is 10.2 Å². The lowest BCUT2D eigenvalue weighted by atomic mass is 10.2. The van der Waals surface area contributed by atoms with Crippen molar-refractivity contribution in [2.45, 2.75) is 11.8 Å². The van der Waals surface area contributed by atoms with Crippen LogP contribution in [0.25, 0.3) is 0 Å². The van der Waals surface area contributed by atoms with Crippen molar-refractivity contribution in [1.29, 1.82) is 0 Å². The van der Waals surface area contributed by atoms with Crippen LogP contribution in [-0.2, 0) is 4.79 Å². The SMILES string of the molecule is CNC(=O)c1ccc(N2CC(Cl)CC2=O)cc1. The molecule has 0 aromatic heterocycles. The summed E-state index contributed by atoms with van der Waals surface area (Å²) in [5.74, 6) is -0.114. The van der Waals surface area contributed by atoms with E-state index in [-0.39, 0.29) is 17.2 Å². The van der Waals surface area contributed by atoms with Crippen LogP contribution in [0, 0.1) is 0 Å². The minimum Gasteiger partial charge on any atom is -0.355 e. The molecule has 1 aliphatic rings. The zero-order valence-corrected chi connectivity index (χ0v) is 10.2. The number of rotatable bonds is 2. The smallest absolute Gasteiger partial charge is 0.251 e. The molecule has 1 unspecified atom stereocenters. The lowest BCUT2D eigenvalue weighted by Gasteiger charge is -2.15. The van der Waals surface area contributed by atoms with Gasteiger partial charge in [0.05, 0.1) is 5.38 Å². The molecule has 1 fully saturated rings. The molecule has 1 N–H and O–H groups in total. The second-order valence-electron chi connectivity index (χ2n) is 3.93. The Labute approximate surface area is 105 Å². The Kier molecular flexibility index (Phi) is 3.33. The molecule has 1 heterocycles. The zero-order chi connectivity index (χ0) is 12.4. The van der Waals surface area contributed by atoms with Gasteiger partial charge in [-0.3, -0.25) is 9.59 Å². The first kappa shape index (κ1) is 11.9. The van der Waals surface area contributed by atoms with Crippen molar-refractivity contribution in [1.82, 2.24) is 5.32 Å². The molecular weight excluding hydrogens is 240 g/mol. The summed E-state index contributed by atoms with van der Waals surface area (Å²) in [6.45, 7) is 0.527. The highest BCUT2D eigenvalue weighted by molar-refractivity contribution is 6.24. The van der Waals surface area contributed by atoms with Crippen molar-refractivity contribution in [3.63, 3.8) is 0 Å². The van der Waals surface area contributed by atoms with Gasteiger partial charge in [0.15, 0.2) is 0 Å². The molecule has 0 bridgehead atoms. The van der Waals surface area contributed by atoms with Crippen LogP contribution in [0.4, 0.5) is 5.69 Å². The van der Waals surface area contributed by atoms with Crippen LogP contribution < -0.4 is 10.2 Å². The van der Waals surface area contributed by atoms with Crippen molar-refractivity contribution in [3.05, 3.63) is 29.8 Å². The standard InChI is InChI=1S/C12H13ClN2O2/c1-14-12(17)8-2-4-10(5-3-8)15-7-9(13)6-11(15)16/h2-5,9H,6-7H2,1H3,(H,14,17). The van der Waals surface area contributed by atoms with Crippen molar-refractivity contribution in [2.24, 2.45) is 0 Å². The number of alkyl halides is 1. The van der Waals surface area contributed by atoms with Gasteiger partial charge >= 0.3 is 0 Å². The van der Waals surface area contributed by atoms with Crippen LogP contribution in [0.15, 0.2) is 24.3 Å². The third-order valence-corrected chi connectivity index (χ3v) is 3.04. The van der Waals surface area contributed by atoms with E-state index in [1.54, 1.807) is 36.2 Å². The summed E-state index contributed by atoms with van der Waals surface area (Å²) in [4.78, 5) is 24.6. The summed E-state index contributed by atoms with van der Waals surface area (Å²) in [7, 11) is 1.58. The molecule has 90 valence electrons. The van der Waals surface area contributed by atoms with Crippen LogP contribution in [0.5, 0.6) is 0 Å². The number of carbonyl (C=O) groups excluding carboxylic acids is 2. The van der Waals surface area contributed by atoms with Gasteiger partial charge in [0.2, 0.25) is 5.91 Å². The molecule has 0 radical (unpaired) electrons. The number of nitrogens with zero attached hydrogens (tertiary/aromatic N) is 1. The zero-order valence-electron chi connectivity index (χ0n) is 9.44. The Morgan fingerprint density at radius 1 is 1.41 bits per heavy atom. The van der Waals surface area contributed by atoms with Gasteiger partial charge in [0, 0.05) is 31.3 Å². The summed E-state index contributed by atoms with van der Waals surface area (Å²) in [5.41, 5.74) is 1.36. The van der Waals surface area contributed by atoms with Gasteiger partial charge in [-0.1, -0.05) is 0 Å². The van der Waals surface area contributed by atoms with Gasteiger partial charge in [-0.2, -0.15) is 0 Å². The van der Waals surface area contributed by atoms with E-state index >= 15 is 0 Å². The molecule has 0 spiro atoms. The van der Waals surface area contributed by atoms with Crippen LogP contribution in [-0.4, -0.2) is 30.8 Å². The number of anilines is 1. The Hall–Kier alpha value is -1.55. The minimum absolute atomic E-state index is 0.0256. The first-order valence-electron chi connectivity index (χ1n) is 5.38. The number of amides is 2. The lowest BCUT2D eigenvalue weighted by Crippen LogP contribution is -2.24. The molecule has 0 aliphatic carbocycles. The van der Waals surface area contributed by atoms with Crippen molar-refractivity contribution in [2.75, 3.05) is 18.5 Å². The fraction of sp³-hybridized carbons (Fsp3) is 0.333. The van der Waals surface area contributed by atoms with Crippen LogP contribution >= 0.6 is 11.6 Å². The highest BCUT2D eigenvalue weighted by Gasteiger charge is 2.28. The Balaban J connectivity index is 2.18. The molecule has 1 atom stereocenters. The molecular formula is C12H13ClN2O2. The first-order valence-corrected chi connectivity index (χ1v) is 5.82. The van der Waals surface area contributed by atoms with Crippen molar-refractivity contribution >= 4 is 29.1 Å². The number of benzene rings is 1. The number of carbonyl (C=O) groups is 2. The second-order valence-corrected chi connectivity index (χ2v) is 4.55. The summed E-state index contributed by atoms with van der Waals surface area (Å²) in [5, 5.41) is 2.42. The first-order chi connectivity index (χ1) is 8.11. The number of nitrogens with one attached hydrogen (secondary N) is 1. The number of hydrogen-bond donors (Lipinski definition) is 1. The maximum Gasteiger partial charge on any atom is 0.251 e. The van der Waals surface area contributed by atoms with E-state index in [4.69, 9.17) is 11.6 Å². The Morgan fingerprint density at radius 2 is 2.06 bits per heavy atom. The van der Waals surface area contributed by atoms with E-state index in [0.29, 0.717) is 18.5 Å². The second kappa shape index (κ2) is 4.75. The van der Waals surface area contributed by atoms with Crippen LogP contribution in [0.1, 0.15) is 16.8 Å². The van der Waals surface area contributed by atoms with Gasteiger partial charge in [0.25, 0.3) is 5.91 Å². The van der Waals surface area contributed by atoms with E-state index in [1.165, 1.54) is 0 Å². The summed E-state index contributed by atoms with van der Waals surface area (Å²) in [6, 6.07) is 6.92. The largest absolute Gasteiger partial charge is 0.355 e. The molecule has 5 heteroatoms. The van der Waals surface area contributed by atoms with E-state index < -0.39 is 0 Å². The Bertz CT molecular complexity index is 444. The highest BCUT2D eigenvalue weighted by atomic mass is 35.5. The van der Waals surface area contributed by atoms with E-state index in [1.807, 2.05) is 0 Å². The van der Waals surface area contributed by atoms with Gasteiger partial charge in [-0.25, -0.2) is 0 Å². The average Bonchev–Trinajstić information content (AvgIpc) is 2.68. The van der Waals surface area contributed by atoms with Crippen molar-refractivity contribution < 1.29 is 9.59 Å². The summed E-state index contributed by atoms with van der Waals surface area (Å²) >= 11 is 5.93. The lowest BCUT2D eigenvalue weighted by molar-refractivity contribution is -0.117. The fourth-order valence-corrected chi connectivity index (χ4v) is 2.12. The van der Waals surface area contributed by atoms with Gasteiger partial charge in [0.1, 0.15) is 0 Å². The molecule has 1 aromatic carbocycles.